The Morgan fingerprint density at radius 2 is 2.00 bits per heavy atom. The molecule has 3 rings (SSSR count). The van der Waals surface area contributed by atoms with Gasteiger partial charge in [0.1, 0.15) is 5.75 Å². The molecule has 3 aromatic rings. The number of aromatic amines is 2. The lowest BCUT2D eigenvalue weighted by atomic mass is 10.00. The summed E-state index contributed by atoms with van der Waals surface area (Å²) >= 11 is 0. The summed E-state index contributed by atoms with van der Waals surface area (Å²) in [5.74, 6) is -1.94. The van der Waals surface area contributed by atoms with E-state index in [1.807, 2.05) is 18.2 Å². The predicted molar refractivity (Wildman–Crippen MR) is 90.2 cm³/mol. The highest BCUT2D eigenvalue weighted by Gasteiger charge is 2.21. The van der Waals surface area contributed by atoms with Crippen molar-refractivity contribution < 1.29 is 15.0 Å². The van der Waals surface area contributed by atoms with E-state index in [1.165, 1.54) is 0 Å². The topological polar surface area (TPSA) is 132 Å². The van der Waals surface area contributed by atoms with E-state index in [1.54, 1.807) is 13.0 Å². The molecular formula is C17H17N3O4. The monoisotopic (exact) mass is 327 g/mol. The average molecular weight is 327 g/mol. The molecule has 0 spiro atoms. The van der Waals surface area contributed by atoms with Gasteiger partial charge in [-0.2, -0.15) is 0 Å². The van der Waals surface area contributed by atoms with E-state index in [-0.39, 0.29) is 0 Å². The van der Waals surface area contributed by atoms with Gasteiger partial charge >= 0.3 is 5.97 Å². The maximum Gasteiger partial charge on any atom is 0.345 e. The van der Waals surface area contributed by atoms with Crippen LogP contribution < -0.4 is 11.3 Å². The van der Waals surface area contributed by atoms with Crippen LogP contribution in [0.25, 0.3) is 22.2 Å². The summed E-state index contributed by atoms with van der Waals surface area (Å²) < 4.78 is 0. The van der Waals surface area contributed by atoms with Gasteiger partial charge in [0.05, 0.1) is 5.69 Å². The van der Waals surface area contributed by atoms with E-state index in [9.17, 15) is 14.7 Å². The second-order valence-corrected chi connectivity index (χ2v) is 5.49. The van der Waals surface area contributed by atoms with Crippen molar-refractivity contribution >= 4 is 16.9 Å². The van der Waals surface area contributed by atoms with E-state index in [2.05, 4.69) is 9.97 Å². The van der Waals surface area contributed by atoms with Crippen LogP contribution in [0, 0.1) is 0 Å². The second-order valence-electron chi connectivity index (χ2n) is 5.49. The minimum atomic E-state index is -1.46. The quantitative estimate of drug-likeness (QED) is 0.499. The van der Waals surface area contributed by atoms with Gasteiger partial charge in [0, 0.05) is 28.9 Å². The van der Waals surface area contributed by atoms with Crippen LogP contribution in [0.1, 0.15) is 28.5 Å². The molecule has 7 heteroatoms. The Kier molecular flexibility index (Phi) is 3.86. The minimum absolute atomic E-state index is 0.370. The number of nitrogens with one attached hydrogen (secondary N) is 2. The van der Waals surface area contributed by atoms with Crippen molar-refractivity contribution in [2.45, 2.75) is 19.9 Å². The molecule has 0 bridgehead atoms. The van der Waals surface area contributed by atoms with Gasteiger partial charge in [-0.1, -0.05) is 19.1 Å². The molecule has 124 valence electrons. The zero-order valence-electron chi connectivity index (χ0n) is 13.0. The smallest absolute Gasteiger partial charge is 0.345 e. The highest BCUT2D eigenvalue weighted by atomic mass is 16.4. The number of fused-ring (bicyclic) bond motifs is 1. The molecule has 0 aliphatic heterocycles. The number of aromatic carboxylic acids is 1. The molecule has 0 fully saturated rings. The molecule has 1 aromatic carbocycles. The van der Waals surface area contributed by atoms with Crippen LogP contribution in [0.4, 0.5) is 0 Å². The van der Waals surface area contributed by atoms with Crippen LogP contribution >= 0.6 is 0 Å². The molecule has 0 atom stereocenters. The number of aromatic hydroxyl groups is 1. The number of carboxylic acid groups (broad SMARTS) is 1. The second kappa shape index (κ2) is 5.86. The molecule has 0 unspecified atom stereocenters. The van der Waals surface area contributed by atoms with Crippen molar-refractivity contribution in [3.8, 4) is 17.0 Å². The summed E-state index contributed by atoms with van der Waals surface area (Å²) in [5.41, 5.74) is 7.36. The van der Waals surface area contributed by atoms with Crippen LogP contribution in [-0.4, -0.2) is 26.2 Å². The number of hydrogen-bond acceptors (Lipinski definition) is 4. The highest BCUT2D eigenvalue weighted by Crippen LogP contribution is 2.31. The van der Waals surface area contributed by atoms with Crippen LogP contribution in [0.3, 0.4) is 0 Å². The first kappa shape index (κ1) is 15.8. The molecular weight excluding hydrogens is 310 g/mol. The fourth-order valence-electron chi connectivity index (χ4n) is 2.87. The first-order chi connectivity index (χ1) is 11.5. The van der Waals surface area contributed by atoms with Gasteiger partial charge in [-0.3, -0.25) is 4.79 Å². The Balaban J connectivity index is 2.25. The summed E-state index contributed by atoms with van der Waals surface area (Å²) in [4.78, 5) is 29.0. The molecule has 0 saturated carbocycles. The Morgan fingerprint density at radius 3 is 2.62 bits per heavy atom. The van der Waals surface area contributed by atoms with Crippen molar-refractivity contribution in [1.29, 1.82) is 0 Å². The SMILES string of the molecule is CCc1c(-c2ccc3cc(CN)[nH]c3c2)[nH]c(=O)c(C(=O)O)c1O. The van der Waals surface area contributed by atoms with Crippen LogP contribution in [0.15, 0.2) is 29.1 Å². The average Bonchev–Trinajstić information content (AvgIpc) is 2.96. The zero-order chi connectivity index (χ0) is 17.4. The molecule has 0 amide bonds. The van der Waals surface area contributed by atoms with Crippen molar-refractivity contribution in [1.82, 2.24) is 9.97 Å². The van der Waals surface area contributed by atoms with Crippen LogP contribution in [0.2, 0.25) is 0 Å². The Morgan fingerprint density at radius 1 is 1.25 bits per heavy atom. The summed E-state index contributed by atoms with van der Waals surface area (Å²) in [7, 11) is 0. The number of carbonyl (C=O) groups is 1. The molecule has 2 aromatic heterocycles. The number of nitrogens with two attached hydrogens (primary N) is 1. The van der Waals surface area contributed by atoms with Gasteiger partial charge < -0.3 is 25.9 Å². The molecule has 0 saturated heterocycles. The Bertz CT molecular complexity index is 1000. The fraction of sp³-hybridized carbons (Fsp3) is 0.176. The lowest BCUT2D eigenvalue weighted by molar-refractivity contribution is 0.0691. The lowest BCUT2D eigenvalue weighted by Gasteiger charge is -2.12. The van der Waals surface area contributed by atoms with Gasteiger partial charge in [0.2, 0.25) is 0 Å². The largest absolute Gasteiger partial charge is 0.506 e. The molecule has 0 aliphatic carbocycles. The van der Waals surface area contributed by atoms with Crippen molar-refractivity contribution in [2.24, 2.45) is 5.73 Å². The molecule has 24 heavy (non-hydrogen) atoms. The van der Waals surface area contributed by atoms with Gasteiger partial charge in [0.25, 0.3) is 5.56 Å². The number of rotatable bonds is 4. The molecule has 6 N–H and O–H groups in total. The van der Waals surface area contributed by atoms with E-state index in [4.69, 9.17) is 10.8 Å². The maximum atomic E-state index is 12.0. The van der Waals surface area contributed by atoms with E-state index in [0.29, 0.717) is 29.8 Å². The lowest BCUT2D eigenvalue weighted by Crippen LogP contribution is -2.20. The maximum absolute atomic E-state index is 12.0. The summed E-state index contributed by atoms with van der Waals surface area (Å²) in [6.45, 7) is 2.16. The standard InChI is InChI=1S/C17H17N3O4/c1-2-11-14(20-16(22)13(15(11)21)17(23)24)9-4-3-8-5-10(7-18)19-12(8)6-9/h3-6,19H,2,7,18H2,1H3,(H,23,24)(H2,20,21,22). The van der Waals surface area contributed by atoms with Crippen molar-refractivity contribution in [3.63, 3.8) is 0 Å². The first-order valence-electron chi connectivity index (χ1n) is 7.49. The third-order valence-electron chi connectivity index (χ3n) is 4.04. The zero-order valence-corrected chi connectivity index (χ0v) is 13.0. The summed E-state index contributed by atoms with van der Waals surface area (Å²) in [6.07, 6.45) is 0.370. The third kappa shape index (κ3) is 2.44. The minimum Gasteiger partial charge on any atom is -0.506 e. The normalized spacial score (nSPS) is 11.1. The fourth-order valence-corrected chi connectivity index (χ4v) is 2.87. The molecule has 7 nitrogen and oxygen atoms in total. The van der Waals surface area contributed by atoms with Crippen molar-refractivity contribution in [3.05, 3.63) is 51.4 Å². The van der Waals surface area contributed by atoms with Gasteiger partial charge in [-0.15, -0.1) is 0 Å². The summed E-state index contributed by atoms with van der Waals surface area (Å²) in [6, 6.07) is 7.45. The Hall–Kier alpha value is -3.06. The van der Waals surface area contributed by atoms with E-state index in [0.717, 1.165) is 16.6 Å². The highest BCUT2D eigenvalue weighted by molar-refractivity contribution is 5.92. The number of H-pyrrole nitrogens is 2. The number of aromatic nitrogens is 2. The van der Waals surface area contributed by atoms with Crippen molar-refractivity contribution in [2.75, 3.05) is 0 Å². The van der Waals surface area contributed by atoms with E-state index < -0.39 is 22.8 Å². The number of carboxylic acids is 1. The van der Waals surface area contributed by atoms with Gasteiger partial charge in [-0.05, 0) is 23.9 Å². The first-order valence-corrected chi connectivity index (χ1v) is 7.49. The summed E-state index contributed by atoms with van der Waals surface area (Å²) in [5, 5.41) is 20.3. The van der Waals surface area contributed by atoms with E-state index >= 15 is 0 Å². The van der Waals surface area contributed by atoms with Gasteiger partial charge in [-0.25, -0.2) is 4.79 Å². The molecule has 0 aliphatic rings. The van der Waals surface area contributed by atoms with Gasteiger partial charge in [0.15, 0.2) is 5.56 Å². The molecule has 0 radical (unpaired) electrons. The number of pyridine rings is 1. The molecule has 2 heterocycles. The van der Waals surface area contributed by atoms with Crippen LogP contribution in [-0.2, 0) is 13.0 Å². The number of benzene rings is 1. The van der Waals surface area contributed by atoms with Crippen LogP contribution in [0.5, 0.6) is 5.75 Å². The Labute approximate surface area is 136 Å². The third-order valence-corrected chi connectivity index (χ3v) is 4.04. The number of hydrogen-bond donors (Lipinski definition) is 5. The predicted octanol–water partition coefficient (Wildman–Crippen LogP) is 1.95.